The van der Waals surface area contributed by atoms with Crippen molar-refractivity contribution in [1.82, 2.24) is 5.32 Å². The summed E-state index contributed by atoms with van der Waals surface area (Å²) in [5.41, 5.74) is -1.48. The molecule has 7 nitrogen and oxygen atoms in total. The summed E-state index contributed by atoms with van der Waals surface area (Å²) in [5.74, 6) is -2.51. The van der Waals surface area contributed by atoms with Gasteiger partial charge in [0.15, 0.2) is 0 Å². The van der Waals surface area contributed by atoms with Gasteiger partial charge in [-0.2, -0.15) is 5.26 Å². The number of methoxy groups -OCH3 is 1. The van der Waals surface area contributed by atoms with Crippen LogP contribution in [0.5, 0.6) is 5.75 Å². The highest BCUT2D eigenvalue weighted by Crippen LogP contribution is 2.59. The van der Waals surface area contributed by atoms with Crippen molar-refractivity contribution in [3.63, 3.8) is 0 Å². The quantitative estimate of drug-likeness (QED) is 0.479. The van der Waals surface area contributed by atoms with Crippen LogP contribution >= 0.6 is 0 Å². The Hall–Kier alpha value is -3.63. The van der Waals surface area contributed by atoms with Crippen LogP contribution in [0, 0.1) is 22.2 Å². The first-order valence-corrected chi connectivity index (χ1v) is 11.7. The van der Waals surface area contributed by atoms with Crippen LogP contribution in [0.25, 0.3) is 6.08 Å². The Bertz CT molecular complexity index is 1110. The number of allylic oxidation sites excluding steroid dienone is 1. The monoisotopic (exact) mass is 476 g/mol. The van der Waals surface area contributed by atoms with Gasteiger partial charge in [0.25, 0.3) is 0 Å². The third kappa shape index (κ3) is 4.67. The maximum absolute atomic E-state index is 13.2. The van der Waals surface area contributed by atoms with E-state index in [2.05, 4.69) is 11.4 Å². The molecular formula is C28H32N2O5. The van der Waals surface area contributed by atoms with E-state index >= 15 is 0 Å². The van der Waals surface area contributed by atoms with Crippen molar-refractivity contribution in [3.05, 3.63) is 71.8 Å². The van der Waals surface area contributed by atoms with Gasteiger partial charge in [0, 0.05) is 24.4 Å². The number of hydrogen-bond donors (Lipinski definition) is 3. The van der Waals surface area contributed by atoms with Gasteiger partial charge in [-0.15, -0.1) is 0 Å². The van der Waals surface area contributed by atoms with Gasteiger partial charge < -0.3 is 20.3 Å². The van der Waals surface area contributed by atoms with Crippen LogP contribution in [0.15, 0.2) is 60.7 Å². The van der Waals surface area contributed by atoms with Crippen molar-refractivity contribution in [2.45, 2.75) is 51.1 Å². The fraction of sp³-hybridized carbons (Fsp3) is 0.393. The van der Waals surface area contributed by atoms with Gasteiger partial charge in [0.05, 0.1) is 24.0 Å². The zero-order chi connectivity index (χ0) is 25.6. The molecule has 1 heterocycles. The average molecular weight is 477 g/mol. The van der Waals surface area contributed by atoms with E-state index in [1.54, 1.807) is 38.1 Å². The van der Waals surface area contributed by atoms with Crippen LogP contribution in [0.2, 0.25) is 0 Å². The molecule has 0 radical (unpaired) electrons. The zero-order valence-corrected chi connectivity index (χ0v) is 20.3. The lowest BCUT2D eigenvalue weighted by Gasteiger charge is -2.57. The molecule has 2 aromatic carbocycles. The van der Waals surface area contributed by atoms with E-state index in [4.69, 9.17) is 4.74 Å². The molecule has 35 heavy (non-hydrogen) atoms. The molecule has 5 atom stereocenters. The molecule has 1 aliphatic rings. The van der Waals surface area contributed by atoms with Gasteiger partial charge in [0.2, 0.25) is 0 Å². The number of aliphatic carboxylic acids is 2. The molecule has 1 fully saturated rings. The van der Waals surface area contributed by atoms with E-state index in [1.165, 1.54) is 7.11 Å². The van der Waals surface area contributed by atoms with Crippen LogP contribution in [-0.4, -0.2) is 41.3 Å². The first-order chi connectivity index (χ1) is 16.7. The average Bonchev–Trinajstić information content (AvgIpc) is 2.85. The number of carboxylic acids is 2. The van der Waals surface area contributed by atoms with Gasteiger partial charge in [-0.1, -0.05) is 54.6 Å². The fourth-order valence-corrected chi connectivity index (χ4v) is 5.71. The lowest BCUT2D eigenvalue weighted by atomic mass is 9.49. The summed E-state index contributed by atoms with van der Waals surface area (Å²) in [6.45, 7) is 3.57. The first kappa shape index (κ1) is 26.0. The predicted octanol–water partition coefficient (Wildman–Crippen LogP) is 4.71. The Morgan fingerprint density at radius 1 is 1.03 bits per heavy atom. The molecule has 0 saturated carbocycles. The summed E-state index contributed by atoms with van der Waals surface area (Å²) >= 11 is 0. The highest BCUT2D eigenvalue weighted by molar-refractivity contribution is 5.84. The lowest BCUT2D eigenvalue weighted by molar-refractivity contribution is -0.172. The maximum atomic E-state index is 13.2. The van der Waals surface area contributed by atoms with Gasteiger partial charge in [-0.25, -0.2) is 0 Å². The van der Waals surface area contributed by atoms with Gasteiger partial charge in [0.1, 0.15) is 5.75 Å². The molecular weight excluding hydrogens is 444 g/mol. The Morgan fingerprint density at radius 3 is 2.17 bits per heavy atom. The second kappa shape index (κ2) is 10.7. The molecule has 0 aromatic heterocycles. The van der Waals surface area contributed by atoms with Crippen LogP contribution < -0.4 is 10.1 Å². The number of rotatable bonds is 9. The minimum atomic E-state index is -1.52. The van der Waals surface area contributed by atoms with Gasteiger partial charge >= 0.3 is 11.9 Å². The highest BCUT2D eigenvalue weighted by atomic mass is 16.5. The largest absolute Gasteiger partial charge is 0.497 e. The Balaban J connectivity index is 2.25. The zero-order valence-electron chi connectivity index (χ0n) is 20.3. The van der Waals surface area contributed by atoms with Crippen molar-refractivity contribution >= 4 is 18.0 Å². The standard InChI is InChI=1S/C28H32N2O5/c1-19-27(25(31)32,16-7-11-21-9-5-4-6-10-21)24(22-12-14-23(35-3)15-13-22)28(26(33)34,17-8-18-29)20(2)30-19/h4-7,9-15,19-20,24,30H,8,16-17H2,1-3H3,(H,31,32)(H,33,34). The van der Waals surface area contributed by atoms with E-state index in [0.717, 1.165) is 5.56 Å². The molecule has 0 amide bonds. The Kier molecular flexibility index (Phi) is 7.98. The van der Waals surface area contributed by atoms with Crippen LogP contribution in [0.4, 0.5) is 0 Å². The SMILES string of the molecule is COc1ccc(C2C(CC=Cc3ccccc3)(C(=O)O)C(C)NC(C)C2(CCC#N)C(=O)O)cc1. The Morgan fingerprint density at radius 2 is 1.63 bits per heavy atom. The van der Waals surface area contributed by atoms with E-state index in [1.807, 2.05) is 42.5 Å². The number of carboxylic acid groups (broad SMARTS) is 2. The molecule has 5 unspecified atom stereocenters. The molecule has 0 spiro atoms. The number of nitriles is 1. The normalized spacial score (nSPS) is 28.3. The molecule has 184 valence electrons. The van der Waals surface area contributed by atoms with E-state index in [9.17, 15) is 25.1 Å². The molecule has 0 aliphatic carbocycles. The van der Waals surface area contributed by atoms with Crippen molar-refractivity contribution in [3.8, 4) is 11.8 Å². The number of carbonyl (C=O) groups is 2. The summed E-state index contributed by atoms with van der Waals surface area (Å²) in [5, 5.41) is 34.0. The van der Waals surface area contributed by atoms with Crippen molar-refractivity contribution in [2.75, 3.05) is 7.11 Å². The second-order valence-electron chi connectivity index (χ2n) is 9.18. The number of hydrogen-bond acceptors (Lipinski definition) is 5. The molecule has 2 aromatic rings. The number of nitrogens with zero attached hydrogens (tertiary/aromatic N) is 1. The summed E-state index contributed by atoms with van der Waals surface area (Å²) in [4.78, 5) is 26.2. The van der Waals surface area contributed by atoms with E-state index in [-0.39, 0.29) is 19.3 Å². The summed E-state index contributed by atoms with van der Waals surface area (Å²) in [6, 6.07) is 17.4. The Labute approximate surface area is 206 Å². The van der Waals surface area contributed by atoms with E-state index < -0.39 is 40.8 Å². The molecule has 7 heteroatoms. The number of nitrogens with one attached hydrogen (secondary N) is 1. The second-order valence-corrected chi connectivity index (χ2v) is 9.18. The smallest absolute Gasteiger partial charge is 0.312 e. The highest BCUT2D eigenvalue weighted by Gasteiger charge is 2.66. The molecule has 3 N–H and O–H groups in total. The maximum Gasteiger partial charge on any atom is 0.312 e. The third-order valence-corrected chi connectivity index (χ3v) is 7.54. The van der Waals surface area contributed by atoms with Gasteiger partial charge in [-0.05, 0) is 49.9 Å². The molecule has 1 aliphatic heterocycles. The minimum Gasteiger partial charge on any atom is -0.497 e. The van der Waals surface area contributed by atoms with Crippen molar-refractivity contribution in [2.24, 2.45) is 10.8 Å². The minimum absolute atomic E-state index is 0.00505. The fourth-order valence-electron chi connectivity index (χ4n) is 5.71. The molecule has 0 bridgehead atoms. The predicted molar refractivity (Wildman–Crippen MR) is 133 cm³/mol. The first-order valence-electron chi connectivity index (χ1n) is 11.7. The molecule has 1 saturated heterocycles. The number of benzene rings is 2. The lowest BCUT2D eigenvalue weighted by Crippen LogP contribution is -2.69. The van der Waals surface area contributed by atoms with Crippen molar-refractivity contribution in [1.29, 1.82) is 5.26 Å². The molecule has 3 rings (SSSR count). The van der Waals surface area contributed by atoms with E-state index in [0.29, 0.717) is 11.3 Å². The van der Waals surface area contributed by atoms with Crippen LogP contribution in [-0.2, 0) is 9.59 Å². The van der Waals surface area contributed by atoms with Crippen LogP contribution in [0.3, 0.4) is 0 Å². The summed E-state index contributed by atoms with van der Waals surface area (Å²) < 4.78 is 5.28. The summed E-state index contributed by atoms with van der Waals surface area (Å²) in [6.07, 6.45) is 3.79. The van der Waals surface area contributed by atoms with Crippen molar-refractivity contribution < 1.29 is 24.5 Å². The van der Waals surface area contributed by atoms with Crippen LogP contribution in [0.1, 0.15) is 50.2 Å². The number of piperidine rings is 1. The number of ether oxygens (including phenoxy) is 1. The summed E-state index contributed by atoms with van der Waals surface area (Å²) in [7, 11) is 1.54. The topological polar surface area (TPSA) is 120 Å². The third-order valence-electron chi connectivity index (χ3n) is 7.54. The van der Waals surface area contributed by atoms with Gasteiger partial charge in [-0.3, -0.25) is 9.59 Å².